The van der Waals surface area contributed by atoms with Crippen LogP contribution in [-0.4, -0.2) is 4.98 Å². The van der Waals surface area contributed by atoms with Crippen LogP contribution < -0.4 is 5.73 Å². The Balaban J connectivity index is 2.39. The summed E-state index contributed by atoms with van der Waals surface area (Å²) in [6.45, 7) is 4.19. The highest BCUT2D eigenvalue weighted by Gasteiger charge is 2.19. The van der Waals surface area contributed by atoms with E-state index < -0.39 is 0 Å². The molecule has 0 amide bonds. The zero-order valence-corrected chi connectivity index (χ0v) is 10.2. The van der Waals surface area contributed by atoms with Crippen LogP contribution in [0.1, 0.15) is 32.2 Å². The summed E-state index contributed by atoms with van der Waals surface area (Å²) in [7, 11) is 0. The fraction of sp³-hybridized carbons (Fsp3) is 0.417. The van der Waals surface area contributed by atoms with Gasteiger partial charge in [0.15, 0.2) is 5.58 Å². The molecule has 0 fully saturated rings. The van der Waals surface area contributed by atoms with Gasteiger partial charge in [-0.3, -0.25) is 0 Å². The topological polar surface area (TPSA) is 52.0 Å². The lowest BCUT2D eigenvalue weighted by molar-refractivity contribution is 0.375. The Kier molecular flexibility index (Phi) is 3.17. The van der Waals surface area contributed by atoms with Gasteiger partial charge in [-0.2, -0.15) is 0 Å². The van der Waals surface area contributed by atoms with E-state index in [0.29, 0.717) is 22.4 Å². The summed E-state index contributed by atoms with van der Waals surface area (Å²) < 4.78 is 5.61. The molecule has 4 heteroatoms. The zero-order chi connectivity index (χ0) is 11.7. The fourth-order valence-corrected chi connectivity index (χ4v) is 1.72. The minimum atomic E-state index is -0.156. The van der Waals surface area contributed by atoms with Crippen molar-refractivity contribution < 1.29 is 4.42 Å². The first-order valence-electron chi connectivity index (χ1n) is 5.43. The van der Waals surface area contributed by atoms with Crippen LogP contribution in [0.25, 0.3) is 11.1 Å². The second-order valence-corrected chi connectivity index (χ2v) is 4.51. The number of halogens is 1. The van der Waals surface area contributed by atoms with Crippen molar-refractivity contribution in [1.29, 1.82) is 0 Å². The summed E-state index contributed by atoms with van der Waals surface area (Å²) in [4.78, 5) is 4.37. The van der Waals surface area contributed by atoms with Crippen molar-refractivity contribution >= 4 is 22.7 Å². The summed E-state index contributed by atoms with van der Waals surface area (Å²) in [5.41, 5.74) is 7.56. The molecule has 2 N–H and O–H groups in total. The molecular formula is C12H15ClN2O. The number of benzene rings is 1. The first-order valence-corrected chi connectivity index (χ1v) is 5.81. The highest BCUT2D eigenvalue weighted by Crippen LogP contribution is 2.26. The predicted molar refractivity (Wildman–Crippen MR) is 65.4 cm³/mol. The van der Waals surface area contributed by atoms with Gasteiger partial charge in [-0.15, -0.1) is 0 Å². The van der Waals surface area contributed by atoms with Gasteiger partial charge in [0.2, 0.25) is 5.89 Å². The Morgan fingerprint density at radius 2 is 2.25 bits per heavy atom. The van der Waals surface area contributed by atoms with E-state index in [4.69, 9.17) is 21.8 Å². The molecule has 0 aliphatic rings. The molecule has 0 saturated heterocycles. The summed E-state index contributed by atoms with van der Waals surface area (Å²) in [5.74, 6) is 0.940. The first-order chi connectivity index (χ1) is 7.61. The third-order valence-electron chi connectivity index (χ3n) is 2.91. The molecule has 1 aromatic carbocycles. The monoisotopic (exact) mass is 238 g/mol. The van der Waals surface area contributed by atoms with Gasteiger partial charge >= 0.3 is 0 Å². The van der Waals surface area contributed by atoms with E-state index in [0.717, 1.165) is 11.9 Å². The van der Waals surface area contributed by atoms with E-state index in [2.05, 4.69) is 18.8 Å². The molecule has 0 bridgehead atoms. The van der Waals surface area contributed by atoms with E-state index in [-0.39, 0.29) is 6.04 Å². The van der Waals surface area contributed by atoms with E-state index in [1.807, 2.05) is 6.07 Å². The Bertz CT molecular complexity index is 495. The molecule has 2 unspecified atom stereocenters. The summed E-state index contributed by atoms with van der Waals surface area (Å²) in [6.07, 6.45) is 1.00. The van der Waals surface area contributed by atoms with E-state index in [9.17, 15) is 0 Å². The molecule has 0 radical (unpaired) electrons. The summed E-state index contributed by atoms with van der Waals surface area (Å²) >= 11 is 5.88. The third kappa shape index (κ3) is 2.06. The van der Waals surface area contributed by atoms with E-state index in [1.165, 1.54) is 0 Å². The number of nitrogens with two attached hydrogens (primary N) is 1. The number of hydrogen-bond acceptors (Lipinski definition) is 3. The minimum absolute atomic E-state index is 0.156. The van der Waals surface area contributed by atoms with Crippen molar-refractivity contribution in [2.45, 2.75) is 26.3 Å². The standard InChI is InChI=1S/C12H15ClN2O/c1-3-7(2)11(14)12-15-9-5-4-8(13)6-10(9)16-12/h4-7,11H,3,14H2,1-2H3. The Morgan fingerprint density at radius 3 is 2.94 bits per heavy atom. The van der Waals surface area contributed by atoms with E-state index in [1.54, 1.807) is 12.1 Å². The lowest BCUT2D eigenvalue weighted by atomic mass is 10.0. The van der Waals surface area contributed by atoms with Crippen LogP contribution in [0.15, 0.2) is 22.6 Å². The molecule has 0 spiro atoms. The predicted octanol–water partition coefficient (Wildman–Crippen LogP) is 3.53. The molecule has 1 heterocycles. The van der Waals surface area contributed by atoms with Crippen LogP contribution in [0.4, 0.5) is 0 Å². The molecule has 2 rings (SSSR count). The highest BCUT2D eigenvalue weighted by molar-refractivity contribution is 6.31. The van der Waals surface area contributed by atoms with Crippen LogP contribution in [0.3, 0.4) is 0 Å². The van der Waals surface area contributed by atoms with Crippen molar-refractivity contribution in [3.63, 3.8) is 0 Å². The smallest absolute Gasteiger partial charge is 0.212 e. The maximum atomic E-state index is 6.06. The molecule has 2 atom stereocenters. The Labute approximate surface area is 99.6 Å². The maximum Gasteiger partial charge on any atom is 0.212 e. The average molecular weight is 239 g/mol. The normalized spacial score (nSPS) is 15.2. The maximum absolute atomic E-state index is 6.06. The fourth-order valence-electron chi connectivity index (χ4n) is 1.56. The summed E-state index contributed by atoms with van der Waals surface area (Å²) in [6, 6.07) is 5.24. The number of aromatic nitrogens is 1. The van der Waals surface area contributed by atoms with Gasteiger partial charge in [0.05, 0.1) is 6.04 Å². The van der Waals surface area contributed by atoms with Crippen LogP contribution in [-0.2, 0) is 0 Å². The molecule has 16 heavy (non-hydrogen) atoms. The van der Waals surface area contributed by atoms with E-state index >= 15 is 0 Å². The van der Waals surface area contributed by atoms with Gasteiger partial charge in [-0.05, 0) is 18.1 Å². The number of oxazole rings is 1. The van der Waals surface area contributed by atoms with Crippen molar-refractivity contribution in [3.05, 3.63) is 29.1 Å². The van der Waals surface area contributed by atoms with Gasteiger partial charge in [0.1, 0.15) is 5.52 Å². The van der Waals surface area contributed by atoms with Crippen molar-refractivity contribution in [3.8, 4) is 0 Å². The van der Waals surface area contributed by atoms with Crippen molar-refractivity contribution in [2.24, 2.45) is 11.7 Å². The molecule has 0 saturated carbocycles. The molecule has 1 aromatic heterocycles. The second-order valence-electron chi connectivity index (χ2n) is 4.08. The molecule has 86 valence electrons. The van der Waals surface area contributed by atoms with Gasteiger partial charge < -0.3 is 10.2 Å². The summed E-state index contributed by atoms with van der Waals surface area (Å²) in [5, 5.41) is 0.646. The Morgan fingerprint density at radius 1 is 1.50 bits per heavy atom. The highest BCUT2D eigenvalue weighted by atomic mass is 35.5. The van der Waals surface area contributed by atoms with Crippen LogP contribution in [0, 0.1) is 5.92 Å². The van der Waals surface area contributed by atoms with Crippen molar-refractivity contribution in [2.75, 3.05) is 0 Å². The molecule has 0 aliphatic carbocycles. The number of rotatable bonds is 3. The minimum Gasteiger partial charge on any atom is -0.439 e. The molecule has 0 aliphatic heterocycles. The number of fused-ring (bicyclic) bond motifs is 1. The zero-order valence-electron chi connectivity index (χ0n) is 9.40. The number of nitrogens with zero attached hydrogens (tertiary/aromatic N) is 1. The SMILES string of the molecule is CCC(C)C(N)c1nc2ccc(Cl)cc2o1. The largest absolute Gasteiger partial charge is 0.439 e. The van der Waals surface area contributed by atoms with Crippen LogP contribution in [0.5, 0.6) is 0 Å². The van der Waals surface area contributed by atoms with Gasteiger partial charge in [-0.1, -0.05) is 31.9 Å². The van der Waals surface area contributed by atoms with Crippen LogP contribution >= 0.6 is 11.6 Å². The Hall–Kier alpha value is -1.06. The third-order valence-corrected chi connectivity index (χ3v) is 3.14. The molecular weight excluding hydrogens is 224 g/mol. The lowest BCUT2D eigenvalue weighted by Crippen LogP contribution is -2.18. The van der Waals surface area contributed by atoms with Gasteiger partial charge in [0, 0.05) is 11.1 Å². The average Bonchev–Trinajstić information content (AvgIpc) is 2.69. The quantitative estimate of drug-likeness (QED) is 0.890. The molecule has 3 nitrogen and oxygen atoms in total. The van der Waals surface area contributed by atoms with Gasteiger partial charge in [-0.25, -0.2) is 4.98 Å². The first kappa shape index (κ1) is 11.4. The molecule has 2 aromatic rings. The van der Waals surface area contributed by atoms with Gasteiger partial charge in [0.25, 0.3) is 0 Å². The van der Waals surface area contributed by atoms with Crippen molar-refractivity contribution in [1.82, 2.24) is 4.98 Å². The number of hydrogen-bond donors (Lipinski definition) is 1. The second kappa shape index (κ2) is 4.44. The van der Waals surface area contributed by atoms with Crippen LogP contribution in [0.2, 0.25) is 5.02 Å². The lowest BCUT2D eigenvalue weighted by Gasteiger charge is -2.13.